The number of aliphatic hydroxyl groups is 1. The largest absolute Gasteiger partial charge is 0.390 e. The number of nitrogens with zero attached hydrogens (tertiary/aromatic N) is 4. The van der Waals surface area contributed by atoms with Gasteiger partial charge in [0.05, 0.1) is 11.9 Å². The third-order valence-corrected chi connectivity index (χ3v) is 7.08. The van der Waals surface area contributed by atoms with Gasteiger partial charge in [-0.1, -0.05) is 43.2 Å². The van der Waals surface area contributed by atoms with Crippen molar-refractivity contribution in [1.82, 2.24) is 19.5 Å². The molecule has 2 aliphatic rings. The van der Waals surface area contributed by atoms with Crippen molar-refractivity contribution in [1.29, 1.82) is 0 Å². The van der Waals surface area contributed by atoms with E-state index in [2.05, 4.69) is 39.5 Å². The van der Waals surface area contributed by atoms with Crippen LogP contribution >= 0.6 is 0 Å². The highest BCUT2D eigenvalue weighted by Gasteiger charge is 2.29. The third-order valence-electron chi connectivity index (χ3n) is 7.08. The predicted octanol–water partition coefficient (Wildman–Crippen LogP) is 4.70. The van der Waals surface area contributed by atoms with Crippen LogP contribution in [0, 0.1) is 0 Å². The fourth-order valence-electron chi connectivity index (χ4n) is 5.09. The lowest BCUT2D eigenvalue weighted by Crippen LogP contribution is -2.36. The van der Waals surface area contributed by atoms with E-state index < -0.39 is 5.60 Å². The first-order valence-electron chi connectivity index (χ1n) is 12.1. The van der Waals surface area contributed by atoms with Gasteiger partial charge >= 0.3 is 0 Å². The normalized spacial score (nSPS) is 24.1. The summed E-state index contributed by atoms with van der Waals surface area (Å²) in [6.45, 7) is 2.72. The molecule has 0 saturated heterocycles. The summed E-state index contributed by atoms with van der Waals surface area (Å²) in [5.74, 6) is 1.46. The molecule has 2 heterocycles. The van der Waals surface area contributed by atoms with Crippen molar-refractivity contribution < 1.29 is 5.11 Å². The van der Waals surface area contributed by atoms with Crippen LogP contribution in [0.4, 0.5) is 11.8 Å². The zero-order valence-electron chi connectivity index (χ0n) is 18.9. The molecule has 32 heavy (non-hydrogen) atoms. The molecule has 0 atom stereocenters. The molecule has 1 aromatic carbocycles. The van der Waals surface area contributed by atoms with Crippen LogP contribution < -0.4 is 10.6 Å². The molecule has 0 radical (unpaired) electrons. The number of benzene rings is 1. The monoisotopic (exact) mass is 434 g/mol. The fraction of sp³-hybridized carbons (Fsp3) is 0.560. The van der Waals surface area contributed by atoms with E-state index in [4.69, 9.17) is 15.0 Å². The summed E-state index contributed by atoms with van der Waals surface area (Å²) in [4.78, 5) is 14.5. The average molecular weight is 435 g/mol. The number of anilines is 2. The Hall–Kier alpha value is -2.67. The number of fused-ring (bicyclic) bond motifs is 1. The molecule has 2 aromatic heterocycles. The maximum absolute atomic E-state index is 10.3. The summed E-state index contributed by atoms with van der Waals surface area (Å²) < 4.78 is 2.25. The second kappa shape index (κ2) is 9.06. The Kier molecular flexibility index (Phi) is 6.00. The summed E-state index contributed by atoms with van der Waals surface area (Å²) in [5.41, 5.74) is 2.52. The van der Waals surface area contributed by atoms with E-state index in [9.17, 15) is 5.11 Å². The third kappa shape index (κ3) is 4.72. The van der Waals surface area contributed by atoms with E-state index in [1.165, 1.54) is 31.2 Å². The summed E-state index contributed by atoms with van der Waals surface area (Å²) >= 11 is 0. The van der Waals surface area contributed by atoms with E-state index >= 15 is 0 Å². The Bertz CT molecular complexity index is 1030. The van der Waals surface area contributed by atoms with Gasteiger partial charge < -0.3 is 20.3 Å². The molecule has 0 spiro atoms. The maximum atomic E-state index is 10.3. The minimum Gasteiger partial charge on any atom is -0.390 e. The Morgan fingerprint density at radius 3 is 2.56 bits per heavy atom. The van der Waals surface area contributed by atoms with E-state index in [1.54, 1.807) is 0 Å². The number of aromatic nitrogens is 4. The first-order valence-corrected chi connectivity index (χ1v) is 12.1. The first-order chi connectivity index (χ1) is 15.6. The van der Waals surface area contributed by atoms with Crippen LogP contribution in [-0.4, -0.2) is 42.8 Å². The van der Waals surface area contributed by atoms with Crippen LogP contribution in [0.2, 0.25) is 0 Å². The number of nitrogens with one attached hydrogen (secondary N) is 2. The quantitative estimate of drug-likeness (QED) is 0.499. The summed E-state index contributed by atoms with van der Waals surface area (Å²) in [6, 6.07) is 11.3. The standard InChI is InChI=1S/C25H34N6O/c1-25(32)14-11-19(12-15-25)28-24-29-22(26-16-13-18-7-3-2-4-8-18)21-23(30-24)31(17-27-21)20-9-5-6-10-20/h2-4,7-8,17,19-20,32H,5-6,9-16H2,1H3,(H2,26,28,29,30). The topological polar surface area (TPSA) is 87.9 Å². The zero-order chi connectivity index (χ0) is 22.0. The van der Waals surface area contributed by atoms with Crippen LogP contribution in [0.1, 0.15) is 69.9 Å². The smallest absolute Gasteiger partial charge is 0.227 e. The van der Waals surface area contributed by atoms with Gasteiger partial charge in [-0.15, -0.1) is 0 Å². The SMILES string of the molecule is CC1(O)CCC(Nc2nc(NCCc3ccccc3)c3ncn(C4CCCC4)c3n2)CC1. The van der Waals surface area contributed by atoms with E-state index in [1.807, 2.05) is 19.3 Å². The minimum absolute atomic E-state index is 0.285. The Balaban J connectivity index is 1.39. The van der Waals surface area contributed by atoms with Crippen LogP contribution in [0.5, 0.6) is 0 Å². The molecular weight excluding hydrogens is 400 g/mol. The highest BCUT2D eigenvalue weighted by Crippen LogP contribution is 2.34. The van der Waals surface area contributed by atoms with Crippen molar-refractivity contribution in [2.75, 3.05) is 17.2 Å². The van der Waals surface area contributed by atoms with Gasteiger partial charge in [0.25, 0.3) is 0 Å². The van der Waals surface area contributed by atoms with Gasteiger partial charge in [0.2, 0.25) is 5.95 Å². The van der Waals surface area contributed by atoms with E-state index in [0.29, 0.717) is 12.0 Å². The van der Waals surface area contributed by atoms with Crippen molar-refractivity contribution in [3.8, 4) is 0 Å². The minimum atomic E-state index is -0.547. The van der Waals surface area contributed by atoms with Crippen LogP contribution in [0.15, 0.2) is 36.7 Å². The van der Waals surface area contributed by atoms with Gasteiger partial charge in [-0.3, -0.25) is 0 Å². The molecule has 2 fully saturated rings. The molecule has 3 aromatic rings. The van der Waals surface area contributed by atoms with Gasteiger partial charge in [0, 0.05) is 18.6 Å². The Morgan fingerprint density at radius 2 is 1.81 bits per heavy atom. The second-order valence-corrected chi connectivity index (χ2v) is 9.74. The molecule has 2 aliphatic carbocycles. The molecule has 7 heteroatoms. The highest BCUT2D eigenvalue weighted by molar-refractivity contribution is 5.84. The molecule has 170 valence electrons. The maximum Gasteiger partial charge on any atom is 0.227 e. The van der Waals surface area contributed by atoms with Crippen molar-refractivity contribution in [3.63, 3.8) is 0 Å². The molecule has 0 unspecified atom stereocenters. The molecule has 2 saturated carbocycles. The fourth-order valence-corrected chi connectivity index (χ4v) is 5.09. The number of rotatable bonds is 7. The Morgan fingerprint density at radius 1 is 1.06 bits per heavy atom. The predicted molar refractivity (Wildman–Crippen MR) is 128 cm³/mol. The van der Waals surface area contributed by atoms with Crippen molar-refractivity contribution in [2.45, 2.75) is 82.4 Å². The molecule has 7 nitrogen and oxygen atoms in total. The lowest BCUT2D eigenvalue weighted by Gasteiger charge is -2.33. The first kappa shape index (κ1) is 21.2. The molecule has 0 bridgehead atoms. The second-order valence-electron chi connectivity index (χ2n) is 9.74. The average Bonchev–Trinajstić information content (AvgIpc) is 3.46. The van der Waals surface area contributed by atoms with E-state index in [0.717, 1.165) is 55.6 Å². The number of hydrogen-bond acceptors (Lipinski definition) is 6. The van der Waals surface area contributed by atoms with E-state index in [-0.39, 0.29) is 6.04 Å². The lowest BCUT2D eigenvalue weighted by molar-refractivity contribution is 0.0196. The molecule has 0 aliphatic heterocycles. The van der Waals surface area contributed by atoms with Gasteiger partial charge in [-0.05, 0) is 57.4 Å². The molecule has 5 rings (SSSR count). The highest BCUT2D eigenvalue weighted by atomic mass is 16.3. The van der Waals surface area contributed by atoms with Gasteiger partial charge in [-0.25, -0.2) is 4.98 Å². The Labute approximate surface area is 189 Å². The summed E-state index contributed by atoms with van der Waals surface area (Å²) in [5, 5.41) is 17.4. The number of hydrogen-bond donors (Lipinski definition) is 3. The summed E-state index contributed by atoms with van der Waals surface area (Å²) in [7, 11) is 0. The lowest BCUT2D eigenvalue weighted by atomic mass is 9.84. The van der Waals surface area contributed by atoms with Crippen LogP contribution in [-0.2, 0) is 6.42 Å². The molecule has 0 amide bonds. The van der Waals surface area contributed by atoms with Crippen molar-refractivity contribution in [2.24, 2.45) is 0 Å². The van der Waals surface area contributed by atoms with Crippen molar-refractivity contribution in [3.05, 3.63) is 42.2 Å². The number of imidazole rings is 1. The van der Waals surface area contributed by atoms with Crippen molar-refractivity contribution >= 4 is 22.9 Å². The van der Waals surface area contributed by atoms with Crippen LogP contribution in [0.3, 0.4) is 0 Å². The van der Waals surface area contributed by atoms with Gasteiger partial charge in [-0.2, -0.15) is 9.97 Å². The van der Waals surface area contributed by atoms with Gasteiger partial charge in [0.1, 0.15) is 0 Å². The zero-order valence-corrected chi connectivity index (χ0v) is 18.9. The summed E-state index contributed by atoms with van der Waals surface area (Å²) in [6.07, 6.45) is 11.2. The van der Waals surface area contributed by atoms with Crippen LogP contribution in [0.25, 0.3) is 11.2 Å². The molecular formula is C25H34N6O. The molecule has 3 N–H and O–H groups in total. The van der Waals surface area contributed by atoms with Gasteiger partial charge in [0.15, 0.2) is 17.0 Å².